The fraction of sp³-hybridized carbons (Fsp3) is 0.583. The zero-order valence-electron chi connectivity index (χ0n) is 10.4. The highest BCUT2D eigenvalue weighted by Gasteiger charge is 2.21. The molecule has 1 aromatic rings. The molecule has 0 saturated carbocycles. The third-order valence-electron chi connectivity index (χ3n) is 3.06. The summed E-state index contributed by atoms with van der Waals surface area (Å²) in [6.45, 7) is 6.11. The summed E-state index contributed by atoms with van der Waals surface area (Å²) in [6, 6.07) is 3.60. The van der Waals surface area contributed by atoms with Gasteiger partial charge in [0.05, 0.1) is 0 Å². The van der Waals surface area contributed by atoms with E-state index < -0.39 is 0 Å². The van der Waals surface area contributed by atoms with Crippen LogP contribution in [0.5, 0.6) is 0 Å². The van der Waals surface area contributed by atoms with Crippen LogP contribution in [0.4, 0.5) is 5.88 Å². The van der Waals surface area contributed by atoms with E-state index in [2.05, 4.69) is 5.32 Å². The Labute approximate surface area is 101 Å². The Morgan fingerprint density at radius 3 is 2.82 bits per heavy atom. The molecule has 17 heavy (non-hydrogen) atoms. The van der Waals surface area contributed by atoms with Gasteiger partial charge in [0.1, 0.15) is 0 Å². The number of piperazine rings is 1. The number of hydrogen-bond donors (Lipinski definition) is 1. The quantitative estimate of drug-likeness (QED) is 0.844. The maximum absolute atomic E-state index is 12.1. The number of furan rings is 1. The zero-order chi connectivity index (χ0) is 12.3. The summed E-state index contributed by atoms with van der Waals surface area (Å²) in [5.74, 6) is 1.16. The summed E-state index contributed by atoms with van der Waals surface area (Å²) in [5.41, 5.74) is 0. The largest absolute Gasteiger partial charge is 0.435 e. The van der Waals surface area contributed by atoms with Crippen molar-refractivity contribution in [3.8, 4) is 0 Å². The highest BCUT2D eigenvalue weighted by Crippen LogP contribution is 2.18. The van der Waals surface area contributed by atoms with Gasteiger partial charge in [-0.15, -0.1) is 0 Å². The molecule has 1 aliphatic rings. The van der Waals surface area contributed by atoms with Crippen molar-refractivity contribution < 1.29 is 9.21 Å². The Hall–Kier alpha value is -1.49. The Balaban J connectivity index is 2.06. The molecular weight excluding hydrogens is 218 g/mol. The van der Waals surface area contributed by atoms with Gasteiger partial charge < -0.3 is 19.5 Å². The maximum atomic E-state index is 12.1. The Morgan fingerprint density at radius 1 is 1.47 bits per heavy atom. The van der Waals surface area contributed by atoms with Crippen LogP contribution in [0.25, 0.3) is 0 Å². The number of hydrogen-bond acceptors (Lipinski definition) is 4. The smallest absolute Gasteiger partial charge is 0.289 e. The number of carbonyl (C=O) groups excluding carboxylic acids is 1. The molecule has 94 valence electrons. The summed E-state index contributed by atoms with van der Waals surface area (Å²) in [4.78, 5) is 15.9. The first-order valence-electron chi connectivity index (χ1n) is 6.03. The van der Waals surface area contributed by atoms with Gasteiger partial charge in [-0.05, 0) is 13.0 Å². The molecule has 0 unspecified atom stereocenters. The minimum absolute atomic E-state index is 0.0118. The molecule has 1 amide bonds. The molecule has 0 bridgehead atoms. The molecule has 2 rings (SSSR count). The van der Waals surface area contributed by atoms with Gasteiger partial charge in [0.2, 0.25) is 0 Å². The number of nitrogens with zero attached hydrogens (tertiary/aromatic N) is 2. The van der Waals surface area contributed by atoms with Crippen molar-refractivity contribution in [2.75, 3.05) is 44.7 Å². The molecule has 5 nitrogen and oxygen atoms in total. The lowest BCUT2D eigenvalue weighted by Crippen LogP contribution is -2.46. The van der Waals surface area contributed by atoms with Crippen molar-refractivity contribution in [3.05, 3.63) is 17.9 Å². The van der Waals surface area contributed by atoms with Gasteiger partial charge >= 0.3 is 0 Å². The fourth-order valence-corrected chi connectivity index (χ4v) is 1.83. The van der Waals surface area contributed by atoms with Crippen molar-refractivity contribution in [1.29, 1.82) is 0 Å². The highest BCUT2D eigenvalue weighted by molar-refractivity contribution is 5.92. The molecule has 1 N–H and O–H groups in total. The number of amides is 1. The summed E-state index contributed by atoms with van der Waals surface area (Å²) in [6.07, 6.45) is 0. The minimum atomic E-state index is -0.0118. The van der Waals surface area contributed by atoms with Gasteiger partial charge in [-0.25, -0.2) is 0 Å². The molecule has 0 atom stereocenters. The highest BCUT2D eigenvalue weighted by atomic mass is 16.4. The number of rotatable bonds is 3. The van der Waals surface area contributed by atoms with E-state index in [-0.39, 0.29) is 5.91 Å². The van der Waals surface area contributed by atoms with Crippen LogP contribution in [0.3, 0.4) is 0 Å². The maximum Gasteiger partial charge on any atom is 0.289 e. The van der Waals surface area contributed by atoms with Crippen molar-refractivity contribution in [1.82, 2.24) is 10.2 Å². The van der Waals surface area contributed by atoms with Gasteiger partial charge in [-0.1, -0.05) is 0 Å². The Bertz CT molecular complexity index is 383. The van der Waals surface area contributed by atoms with E-state index in [1.54, 1.807) is 6.07 Å². The summed E-state index contributed by atoms with van der Waals surface area (Å²) < 4.78 is 5.57. The van der Waals surface area contributed by atoms with Crippen LogP contribution in [-0.2, 0) is 0 Å². The minimum Gasteiger partial charge on any atom is -0.435 e. The topological polar surface area (TPSA) is 48.7 Å². The molecule has 1 aliphatic heterocycles. The van der Waals surface area contributed by atoms with E-state index in [4.69, 9.17) is 4.42 Å². The van der Waals surface area contributed by atoms with Crippen LogP contribution in [0.2, 0.25) is 0 Å². The summed E-state index contributed by atoms with van der Waals surface area (Å²) in [5, 5.41) is 3.22. The fourth-order valence-electron chi connectivity index (χ4n) is 1.83. The average molecular weight is 237 g/mol. The standard InChI is InChI=1S/C12H19N3O2/c1-3-14(2)11-5-4-10(17-11)12(16)15-8-6-13-7-9-15/h4-5,13H,3,6-9H2,1-2H3. The first-order chi connectivity index (χ1) is 8.22. The van der Waals surface area contributed by atoms with Crippen LogP contribution in [0.1, 0.15) is 17.5 Å². The molecule has 2 heterocycles. The molecule has 1 aromatic heterocycles. The molecule has 1 fully saturated rings. The molecule has 1 saturated heterocycles. The van der Waals surface area contributed by atoms with Crippen LogP contribution in [-0.4, -0.2) is 50.6 Å². The van der Waals surface area contributed by atoms with Gasteiger partial charge in [0, 0.05) is 45.8 Å². The molecule has 0 aliphatic carbocycles. The summed E-state index contributed by atoms with van der Waals surface area (Å²) >= 11 is 0. The van der Waals surface area contributed by atoms with E-state index in [1.807, 2.05) is 29.8 Å². The van der Waals surface area contributed by atoms with Crippen LogP contribution < -0.4 is 10.2 Å². The van der Waals surface area contributed by atoms with Crippen molar-refractivity contribution in [3.63, 3.8) is 0 Å². The second kappa shape index (κ2) is 5.23. The van der Waals surface area contributed by atoms with Gasteiger partial charge in [0.15, 0.2) is 11.6 Å². The molecule has 0 spiro atoms. The lowest BCUT2D eigenvalue weighted by atomic mass is 10.3. The van der Waals surface area contributed by atoms with E-state index in [0.717, 1.165) is 38.6 Å². The molecule has 0 radical (unpaired) electrons. The number of anilines is 1. The monoisotopic (exact) mass is 237 g/mol. The van der Waals surface area contributed by atoms with Crippen LogP contribution in [0.15, 0.2) is 16.5 Å². The molecule has 0 aromatic carbocycles. The average Bonchev–Trinajstić information content (AvgIpc) is 2.87. The lowest BCUT2D eigenvalue weighted by molar-refractivity contribution is 0.0704. The first-order valence-corrected chi connectivity index (χ1v) is 6.03. The van der Waals surface area contributed by atoms with Crippen molar-refractivity contribution in [2.45, 2.75) is 6.92 Å². The lowest BCUT2D eigenvalue weighted by Gasteiger charge is -2.26. The third kappa shape index (κ3) is 2.61. The van der Waals surface area contributed by atoms with E-state index in [1.165, 1.54) is 0 Å². The number of nitrogens with one attached hydrogen (secondary N) is 1. The predicted molar refractivity (Wildman–Crippen MR) is 66.4 cm³/mol. The Morgan fingerprint density at radius 2 is 2.18 bits per heavy atom. The first kappa shape index (κ1) is 12.0. The van der Waals surface area contributed by atoms with Crippen molar-refractivity contribution >= 4 is 11.8 Å². The van der Waals surface area contributed by atoms with E-state index in [9.17, 15) is 4.79 Å². The summed E-state index contributed by atoms with van der Waals surface area (Å²) in [7, 11) is 1.94. The van der Waals surface area contributed by atoms with Crippen molar-refractivity contribution in [2.24, 2.45) is 0 Å². The van der Waals surface area contributed by atoms with Crippen LogP contribution in [0, 0.1) is 0 Å². The second-order valence-electron chi connectivity index (χ2n) is 4.19. The van der Waals surface area contributed by atoms with Crippen LogP contribution >= 0.6 is 0 Å². The number of carbonyl (C=O) groups is 1. The molecular formula is C12H19N3O2. The SMILES string of the molecule is CCN(C)c1ccc(C(=O)N2CCNCC2)o1. The third-order valence-corrected chi connectivity index (χ3v) is 3.06. The predicted octanol–water partition coefficient (Wildman–Crippen LogP) is 0.781. The second-order valence-corrected chi connectivity index (χ2v) is 4.19. The van der Waals surface area contributed by atoms with Gasteiger partial charge in [-0.3, -0.25) is 4.79 Å². The zero-order valence-corrected chi connectivity index (χ0v) is 10.4. The van der Waals surface area contributed by atoms with Gasteiger partial charge in [-0.2, -0.15) is 0 Å². The Kier molecular flexibility index (Phi) is 3.68. The molecule has 5 heteroatoms. The van der Waals surface area contributed by atoms with Gasteiger partial charge in [0.25, 0.3) is 5.91 Å². The van der Waals surface area contributed by atoms with E-state index in [0.29, 0.717) is 5.76 Å². The van der Waals surface area contributed by atoms with E-state index >= 15 is 0 Å². The normalized spacial score (nSPS) is 16.0.